The molecule has 1 amide bonds. The number of carbonyl (C=O) groups excluding carboxylic acids is 1. The van der Waals surface area contributed by atoms with E-state index in [1.165, 1.54) is 46.4 Å². The van der Waals surface area contributed by atoms with Crippen molar-refractivity contribution in [2.24, 2.45) is 10.6 Å². The number of oxime groups is 1. The average molecular weight is 402 g/mol. The zero-order valence-electron chi connectivity index (χ0n) is 15.6. The highest BCUT2D eigenvalue weighted by atomic mass is 32.2. The molecule has 2 aliphatic heterocycles. The highest BCUT2D eigenvalue weighted by molar-refractivity contribution is 8.14. The summed E-state index contributed by atoms with van der Waals surface area (Å²) in [6, 6.07) is 10.5. The lowest BCUT2D eigenvalue weighted by Gasteiger charge is -2.36. The van der Waals surface area contributed by atoms with Gasteiger partial charge in [-0.1, -0.05) is 54.5 Å². The minimum atomic E-state index is -0.736. The van der Waals surface area contributed by atoms with E-state index in [2.05, 4.69) is 30.3 Å². The summed E-state index contributed by atoms with van der Waals surface area (Å²) in [5, 5.41) is 14.4. The van der Waals surface area contributed by atoms with Crippen molar-refractivity contribution in [2.75, 3.05) is 7.05 Å². The third-order valence-electron chi connectivity index (χ3n) is 4.71. The smallest absolute Gasteiger partial charge is 0.296 e. The number of nitriles is 1. The summed E-state index contributed by atoms with van der Waals surface area (Å²) in [6.07, 6.45) is 8.49. The van der Waals surface area contributed by atoms with Crippen LogP contribution in [0.15, 0.2) is 46.5 Å². The number of carbonyl (C=O) groups is 1. The van der Waals surface area contributed by atoms with Crippen LogP contribution < -0.4 is 0 Å². The molecule has 2 bridgehead atoms. The van der Waals surface area contributed by atoms with Crippen LogP contribution in [0.4, 0.5) is 4.79 Å². The summed E-state index contributed by atoms with van der Waals surface area (Å²) >= 11 is 2.80. The van der Waals surface area contributed by atoms with Crippen molar-refractivity contribution in [3.8, 4) is 6.07 Å². The van der Waals surface area contributed by atoms with Crippen LogP contribution in [-0.2, 0) is 11.3 Å². The van der Waals surface area contributed by atoms with Crippen molar-refractivity contribution in [3.05, 3.63) is 42.0 Å². The quantitative estimate of drug-likeness (QED) is 0.277. The fourth-order valence-electron chi connectivity index (χ4n) is 3.02. The van der Waals surface area contributed by atoms with E-state index in [4.69, 9.17) is 4.84 Å². The monoisotopic (exact) mass is 401 g/mol. The standard InChI is InChI=1S/C20H23N3O2S2/c1-3-4-5-15-6-8-17(9-7-15)27-23(2)19(24)25-22-18-20(14-21)12-10-16(26-18)11-13-20/h6-10,12,16H,3-5,11,13H2,1-2H3. The second-order valence-corrected chi connectivity index (χ2v) is 9.16. The lowest BCUT2D eigenvalue weighted by atomic mass is 9.80. The molecule has 1 aromatic carbocycles. The molecule has 142 valence electrons. The molecule has 2 atom stereocenters. The van der Waals surface area contributed by atoms with Crippen molar-refractivity contribution >= 4 is 34.8 Å². The van der Waals surface area contributed by atoms with Gasteiger partial charge in [-0.2, -0.15) is 5.26 Å². The Morgan fingerprint density at radius 3 is 2.89 bits per heavy atom. The first kappa shape index (κ1) is 19.8. The first-order valence-electron chi connectivity index (χ1n) is 9.13. The summed E-state index contributed by atoms with van der Waals surface area (Å²) < 4.78 is 1.41. The van der Waals surface area contributed by atoms with Crippen LogP contribution in [0.1, 0.15) is 38.2 Å². The summed E-state index contributed by atoms with van der Waals surface area (Å²) in [5.74, 6) is 0. The summed E-state index contributed by atoms with van der Waals surface area (Å²) in [6.45, 7) is 2.18. The van der Waals surface area contributed by atoms with Gasteiger partial charge in [-0.3, -0.25) is 4.84 Å². The molecule has 1 aliphatic carbocycles. The fraction of sp³-hybridized carbons (Fsp3) is 0.450. The molecule has 0 N–H and O–H groups in total. The molecule has 5 nitrogen and oxygen atoms in total. The minimum absolute atomic E-state index is 0.316. The number of amides is 1. The van der Waals surface area contributed by atoms with Gasteiger partial charge in [-0.15, -0.1) is 0 Å². The first-order valence-corrected chi connectivity index (χ1v) is 10.8. The van der Waals surface area contributed by atoms with Gasteiger partial charge in [-0.05, 0) is 55.3 Å². The van der Waals surface area contributed by atoms with Crippen molar-refractivity contribution in [3.63, 3.8) is 0 Å². The molecular weight excluding hydrogens is 378 g/mol. The zero-order valence-corrected chi connectivity index (χ0v) is 17.2. The Kier molecular flexibility index (Phi) is 6.51. The van der Waals surface area contributed by atoms with E-state index in [1.807, 2.05) is 24.3 Å². The topological polar surface area (TPSA) is 65.7 Å². The lowest BCUT2D eigenvalue weighted by Crippen LogP contribution is -2.36. The van der Waals surface area contributed by atoms with Crippen molar-refractivity contribution < 1.29 is 9.63 Å². The predicted octanol–water partition coefficient (Wildman–Crippen LogP) is 5.39. The number of hydrogen-bond acceptors (Lipinski definition) is 6. The number of thioether (sulfide) groups is 1. The highest BCUT2D eigenvalue weighted by Crippen LogP contribution is 2.46. The van der Waals surface area contributed by atoms with E-state index in [1.54, 1.807) is 7.05 Å². The third kappa shape index (κ3) is 4.69. The first-order chi connectivity index (χ1) is 13.1. The van der Waals surface area contributed by atoms with Crippen molar-refractivity contribution in [2.45, 2.75) is 49.2 Å². The van der Waals surface area contributed by atoms with Gasteiger partial charge in [0.15, 0.2) is 0 Å². The molecular formula is C20H23N3O2S2. The fourth-order valence-corrected chi connectivity index (χ4v) is 4.89. The van der Waals surface area contributed by atoms with Gasteiger partial charge in [0.1, 0.15) is 10.5 Å². The Labute approximate surface area is 168 Å². The van der Waals surface area contributed by atoms with Crippen LogP contribution in [0.5, 0.6) is 0 Å². The van der Waals surface area contributed by atoms with Gasteiger partial charge in [0.05, 0.1) is 6.07 Å². The molecule has 2 heterocycles. The van der Waals surface area contributed by atoms with E-state index in [0.717, 1.165) is 24.2 Å². The summed E-state index contributed by atoms with van der Waals surface area (Å²) in [5.41, 5.74) is 0.566. The van der Waals surface area contributed by atoms with Crippen molar-refractivity contribution in [1.29, 1.82) is 5.26 Å². The normalized spacial score (nSPS) is 24.6. The van der Waals surface area contributed by atoms with Crippen LogP contribution in [0.25, 0.3) is 0 Å². The molecule has 4 rings (SSSR count). The van der Waals surface area contributed by atoms with Crippen LogP contribution in [0, 0.1) is 16.7 Å². The average Bonchev–Trinajstić information content (AvgIpc) is 2.72. The molecule has 1 fully saturated rings. The van der Waals surface area contributed by atoms with Crippen LogP contribution in [-0.4, -0.2) is 27.7 Å². The molecule has 0 spiro atoms. The molecule has 3 aliphatic rings. The van der Waals surface area contributed by atoms with Gasteiger partial charge >= 0.3 is 6.09 Å². The lowest BCUT2D eigenvalue weighted by molar-refractivity contribution is 0.136. The molecule has 1 saturated heterocycles. The Hall–Kier alpha value is -1.91. The Balaban J connectivity index is 1.57. The molecule has 0 aromatic heterocycles. The third-order valence-corrected chi connectivity index (χ3v) is 6.97. The van der Waals surface area contributed by atoms with E-state index in [-0.39, 0.29) is 0 Å². The number of aryl methyl sites for hydroxylation is 1. The van der Waals surface area contributed by atoms with E-state index in [0.29, 0.717) is 10.3 Å². The number of fused-ring (bicyclic) bond motifs is 2. The molecule has 7 heteroatoms. The van der Waals surface area contributed by atoms with Gasteiger partial charge in [0.2, 0.25) is 0 Å². The number of benzene rings is 1. The summed E-state index contributed by atoms with van der Waals surface area (Å²) in [4.78, 5) is 18.3. The zero-order chi connectivity index (χ0) is 19.3. The largest absolute Gasteiger partial charge is 0.446 e. The summed E-state index contributed by atoms with van der Waals surface area (Å²) in [7, 11) is 1.65. The predicted molar refractivity (Wildman–Crippen MR) is 110 cm³/mol. The second kappa shape index (κ2) is 8.85. The minimum Gasteiger partial charge on any atom is -0.296 e. The maximum Gasteiger partial charge on any atom is 0.446 e. The van der Waals surface area contributed by atoms with Gasteiger partial charge in [0.25, 0.3) is 0 Å². The molecule has 2 unspecified atom stereocenters. The highest BCUT2D eigenvalue weighted by Gasteiger charge is 2.44. The SMILES string of the molecule is CCCCc1ccc(SN(C)C(=O)ON=C2SC3C=CC2(C#N)CC3)cc1. The van der Waals surface area contributed by atoms with Crippen LogP contribution in [0.2, 0.25) is 0 Å². The maximum atomic E-state index is 12.3. The van der Waals surface area contributed by atoms with E-state index < -0.39 is 11.5 Å². The number of rotatable bonds is 6. The molecule has 1 aromatic rings. The van der Waals surface area contributed by atoms with E-state index in [9.17, 15) is 10.1 Å². The van der Waals surface area contributed by atoms with Gasteiger partial charge in [0, 0.05) is 17.2 Å². The Morgan fingerprint density at radius 1 is 1.48 bits per heavy atom. The number of allylic oxidation sites excluding steroid dienone is 1. The Morgan fingerprint density at radius 2 is 2.26 bits per heavy atom. The molecule has 0 saturated carbocycles. The molecule has 27 heavy (non-hydrogen) atoms. The number of unbranched alkanes of at least 4 members (excludes halogenated alkanes) is 1. The van der Waals surface area contributed by atoms with Crippen molar-refractivity contribution in [1.82, 2.24) is 4.31 Å². The number of nitrogens with zero attached hydrogens (tertiary/aromatic N) is 3. The van der Waals surface area contributed by atoms with E-state index >= 15 is 0 Å². The van der Waals surface area contributed by atoms with Crippen LogP contribution in [0.3, 0.4) is 0 Å². The van der Waals surface area contributed by atoms with Gasteiger partial charge in [-0.25, -0.2) is 9.10 Å². The molecule has 0 radical (unpaired) electrons. The van der Waals surface area contributed by atoms with Crippen LogP contribution >= 0.6 is 23.7 Å². The van der Waals surface area contributed by atoms with Gasteiger partial charge < -0.3 is 0 Å². The maximum absolute atomic E-state index is 12.3. The number of hydrogen-bond donors (Lipinski definition) is 0. The Bertz CT molecular complexity index is 785. The second-order valence-electron chi connectivity index (χ2n) is 6.73.